The van der Waals surface area contributed by atoms with E-state index in [1.54, 1.807) is 0 Å². The Balaban J connectivity index is 2.01. The maximum atomic E-state index is 11.4. The molecule has 80 valence electrons. The highest BCUT2D eigenvalue weighted by Gasteiger charge is 2.45. The van der Waals surface area contributed by atoms with Gasteiger partial charge in [0.1, 0.15) is 0 Å². The number of rotatable bonds is 3. The van der Waals surface area contributed by atoms with E-state index in [4.69, 9.17) is 4.74 Å². The van der Waals surface area contributed by atoms with Crippen LogP contribution in [-0.4, -0.2) is 12.6 Å². The zero-order valence-corrected chi connectivity index (χ0v) is 10.2. The van der Waals surface area contributed by atoms with Crippen LogP contribution in [0.2, 0.25) is 0 Å². The molecule has 0 saturated heterocycles. The van der Waals surface area contributed by atoms with Crippen molar-refractivity contribution in [2.75, 3.05) is 6.61 Å². The van der Waals surface area contributed by atoms with Gasteiger partial charge in [0.25, 0.3) is 0 Å². The maximum absolute atomic E-state index is 11.4. The first-order valence-electron chi connectivity index (χ1n) is 5.14. The van der Waals surface area contributed by atoms with Crippen LogP contribution in [-0.2, 0) is 9.53 Å². The largest absolute Gasteiger partial charge is 0.466 e. The van der Waals surface area contributed by atoms with E-state index >= 15 is 0 Å². The van der Waals surface area contributed by atoms with E-state index in [1.165, 1.54) is 5.56 Å². The standard InChI is InChI=1S/C12H13BrO2/c1-2-15-12(14)11-7-10(11)8-4-3-5-9(13)6-8/h3-6,10-11H,2,7H2,1H3/t10-,11-/m0/s1. The third kappa shape index (κ3) is 2.40. The molecule has 2 atom stereocenters. The summed E-state index contributed by atoms with van der Waals surface area (Å²) in [6, 6.07) is 8.13. The lowest BCUT2D eigenvalue weighted by Gasteiger charge is -2.01. The van der Waals surface area contributed by atoms with Crippen LogP contribution >= 0.6 is 15.9 Å². The Morgan fingerprint density at radius 3 is 3.07 bits per heavy atom. The highest BCUT2D eigenvalue weighted by atomic mass is 79.9. The quantitative estimate of drug-likeness (QED) is 0.788. The van der Waals surface area contributed by atoms with Crippen LogP contribution in [0.15, 0.2) is 28.7 Å². The molecule has 2 nitrogen and oxygen atoms in total. The Morgan fingerprint density at radius 2 is 2.40 bits per heavy atom. The lowest BCUT2D eigenvalue weighted by molar-refractivity contribution is -0.144. The van der Waals surface area contributed by atoms with Crippen molar-refractivity contribution in [3.63, 3.8) is 0 Å². The molecule has 2 rings (SSSR count). The van der Waals surface area contributed by atoms with Gasteiger partial charge >= 0.3 is 5.97 Å². The molecule has 0 heterocycles. The van der Waals surface area contributed by atoms with E-state index in [9.17, 15) is 4.79 Å². The average Bonchev–Trinajstić information content (AvgIpc) is 2.97. The monoisotopic (exact) mass is 268 g/mol. The highest BCUT2D eigenvalue weighted by Crippen LogP contribution is 2.48. The van der Waals surface area contributed by atoms with Gasteiger partial charge in [-0.05, 0) is 37.0 Å². The second-order valence-corrected chi connectivity index (χ2v) is 4.67. The summed E-state index contributed by atoms with van der Waals surface area (Å²) in [5.74, 6) is 0.392. The smallest absolute Gasteiger partial charge is 0.309 e. The topological polar surface area (TPSA) is 26.3 Å². The van der Waals surface area contributed by atoms with Crippen LogP contribution in [0, 0.1) is 5.92 Å². The molecule has 15 heavy (non-hydrogen) atoms. The lowest BCUT2D eigenvalue weighted by atomic mass is 10.1. The van der Waals surface area contributed by atoms with Crippen LogP contribution in [0.1, 0.15) is 24.8 Å². The third-order valence-electron chi connectivity index (χ3n) is 2.66. The second-order valence-electron chi connectivity index (χ2n) is 3.76. The predicted molar refractivity (Wildman–Crippen MR) is 61.6 cm³/mol. The highest BCUT2D eigenvalue weighted by molar-refractivity contribution is 9.10. The number of carbonyl (C=O) groups excluding carboxylic acids is 1. The molecule has 0 amide bonds. The number of benzene rings is 1. The Labute approximate surface area is 97.8 Å². The van der Waals surface area contributed by atoms with E-state index in [2.05, 4.69) is 28.1 Å². The van der Waals surface area contributed by atoms with E-state index in [0.717, 1.165) is 10.9 Å². The van der Waals surface area contributed by atoms with Gasteiger partial charge in [-0.1, -0.05) is 28.1 Å². The first-order valence-corrected chi connectivity index (χ1v) is 5.93. The van der Waals surface area contributed by atoms with Crippen molar-refractivity contribution in [1.29, 1.82) is 0 Å². The van der Waals surface area contributed by atoms with Gasteiger partial charge in [0.2, 0.25) is 0 Å². The fraction of sp³-hybridized carbons (Fsp3) is 0.417. The molecular formula is C12H13BrO2. The molecule has 3 heteroatoms. The fourth-order valence-electron chi connectivity index (χ4n) is 1.81. The van der Waals surface area contributed by atoms with Crippen LogP contribution < -0.4 is 0 Å². The number of hydrogen-bond acceptors (Lipinski definition) is 2. The predicted octanol–water partition coefficient (Wildman–Crippen LogP) is 3.12. The summed E-state index contributed by atoms with van der Waals surface area (Å²) in [4.78, 5) is 11.4. The Hall–Kier alpha value is -0.830. The molecule has 1 aliphatic rings. The molecule has 0 aromatic heterocycles. The SMILES string of the molecule is CCOC(=O)[C@H]1C[C@H]1c1cccc(Br)c1. The minimum Gasteiger partial charge on any atom is -0.466 e. The van der Waals surface area contributed by atoms with E-state index in [0.29, 0.717) is 12.5 Å². The van der Waals surface area contributed by atoms with Crippen molar-refractivity contribution in [2.45, 2.75) is 19.3 Å². The van der Waals surface area contributed by atoms with Crippen molar-refractivity contribution in [3.8, 4) is 0 Å². The van der Waals surface area contributed by atoms with Crippen molar-refractivity contribution in [1.82, 2.24) is 0 Å². The normalized spacial score (nSPS) is 23.6. The van der Waals surface area contributed by atoms with Crippen LogP contribution in [0.25, 0.3) is 0 Å². The molecule has 0 spiro atoms. The average molecular weight is 269 g/mol. The molecule has 1 aromatic rings. The maximum Gasteiger partial charge on any atom is 0.309 e. The van der Waals surface area contributed by atoms with Gasteiger partial charge < -0.3 is 4.74 Å². The zero-order valence-electron chi connectivity index (χ0n) is 8.57. The molecule has 0 N–H and O–H groups in total. The molecule has 0 unspecified atom stereocenters. The summed E-state index contributed by atoms with van der Waals surface area (Å²) in [6.45, 7) is 2.31. The molecule has 1 fully saturated rings. The van der Waals surface area contributed by atoms with E-state index in [-0.39, 0.29) is 11.9 Å². The zero-order chi connectivity index (χ0) is 10.8. The van der Waals surface area contributed by atoms with Gasteiger partial charge in [0.05, 0.1) is 12.5 Å². The first-order chi connectivity index (χ1) is 7.22. The molecule has 1 aliphatic carbocycles. The first kappa shape index (κ1) is 10.7. The molecule has 1 aromatic carbocycles. The van der Waals surface area contributed by atoms with Crippen LogP contribution in [0.5, 0.6) is 0 Å². The van der Waals surface area contributed by atoms with Crippen molar-refractivity contribution in [3.05, 3.63) is 34.3 Å². The molecule has 0 bridgehead atoms. The fourth-order valence-corrected chi connectivity index (χ4v) is 2.23. The summed E-state index contributed by atoms with van der Waals surface area (Å²) < 4.78 is 6.06. The summed E-state index contributed by atoms with van der Waals surface area (Å²) in [5.41, 5.74) is 1.22. The molecule has 0 aliphatic heterocycles. The Kier molecular flexibility index (Phi) is 3.10. The summed E-state index contributed by atoms with van der Waals surface area (Å²) >= 11 is 3.43. The van der Waals surface area contributed by atoms with Crippen LogP contribution in [0.4, 0.5) is 0 Å². The van der Waals surface area contributed by atoms with Crippen molar-refractivity contribution < 1.29 is 9.53 Å². The van der Waals surface area contributed by atoms with Gasteiger partial charge in [-0.2, -0.15) is 0 Å². The van der Waals surface area contributed by atoms with Crippen molar-refractivity contribution in [2.24, 2.45) is 5.92 Å². The van der Waals surface area contributed by atoms with Gasteiger partial charge in [-0.3, -0.25) is 4.79 Å². The minimum atomic E-state index is -0.0533. The Morgan fingerprint density at radius 1 is 1.60 bits per heavy atom. The summed E-state index contributed by atoms with van der Waals surface area (Å²) in [7, 11) is 0. The van der Waals surface area contributed by atoms with E-state index in [1.807, 2.05) is 19.1 Å². The number of hydrogen-bond donors (Lipinski definition) is 0. The van der Waals surface area contributed by atoms with Gasteiger partial charge in [-0.15, -0.1) is 0 Å². The summed E-state index contributed by atoms with van der Waals surface area (Å²) in [6.07, 6.45) is 0.926. The summed E-state index contributed by atoms with van der Waals surface area (Å²) in [5, 5.41) is 0. The van der Waals surface area contributed by atoms with Gasteiger partial charge in [0.15, 0.2) is 0 Å². The lowest BCUT2D eigenvalue weighted by Crippen LogP contribution is -2.07. The van der Waals surface area contributed by atoms with Gasteiger partial charge in [-0.25, -0.2) is 0 Å². The van der Waals surface area contributed by atoms with Crippen LogP contribution in [0.3, 0.4) is 0 Å². The Bertz CT molecular complexity index is 376. The molecule has 1 saturated carbocycles. The number of halogens is 1. The number of carbonyl (C=O) groups is 1. The molecular weight excluding hydrogens is 256 g/mol. The van der Waals surface area contributed by atoms with Crippen molar-refractivity contribution >= 4 is 21.9 Å². The van der Waals surface area contributed by atoms with E-state index < -0.39 is 0 Å². The second kappa shape index (κ2) is 4.35. The van der Waals surface area contributed by atoms with Gasteiger partial charge in [0, 0.05) is 4.47 Å². The number of esters is 1. The third-order valence-corrected chi connectivity index (χ3v) is 3.15. The molecule has 0 radical (unpaired) electrons. The number of ether oxygens (including phenoxy) is 1. The minimum absolute atomic E-state index is 0.0533.